The van der Waals surface area contributed by atoms with Crippen LogP contribution in [0.3, 0.4) is 0 Å². The van der Waals surface area contributed by atoms with Crippen LogP contribution in [0.15, 0.2) is 30.5 Å². The van der Waals surface area contributed by atoms with E-state index in [1.807, 2.05) is 13.8 Å². The van der Waals surface area contributed by atoms with Gasteiger partial charge >= 0.3 is 16.2 Å². The van der Waals surface area contributed by atoms with Gasteiger partial charge in [-0.15, -0.1) is 0 Å². The summed E-state index contributed by atoms with van der Waals surface area (Å²) in [5, 5.41) is 16.9. The van der Waals surface area contributed by atoms with Crippen LogP contribution in [0, 0.1) is 10.1 Å². The summed E-state index contributed by atoms with van der Waals surface area (Å²) in [5.74, 6) is -0.709. The first-order valence-electron chi connectivity index (χ1n) is 5.79. The van der Waals surface area contributed by atoms with Gasteiger partial charge in [0.15, 0.2) is 0 Å². The molecule has 21 heavy (non-hydrogen) atoms. The number of benzene rings is 1. The Bertz CT molecular complexity index is 715. The largest absolute Gasteiger partial charge is 0.488 e. The maximum atomic E-state index is 12.5. The molecule has 0 aliphatic rings. The minimum absolute atomic E-state index is 0.363. The number of nitrogens with one attached hydrogen (secondary N) is 1. The summed E-state index contributed by atoms with van der Waals surface area (Å²) in [6, 6.07) is 4.94. The molecule has 2 aromatic rings. The highest BCUT2D eigenvalue weighted by molar-refractivity contribution is 7.81. The van der Waals surface area contributed by atoms with Crippen molar-refractivity contribution in [3.8, 4) is 17.0 Å². The van der Waals surface area contributed by atoms with Gasteiger partial charge in [-0.2, -0.15) is 13.5 Å². The third-order valence-electron chi connectivity index (χ3n) is 2.16. The highest BCUT2D eigenvalue weighted by Gasteiger charge is 2.22. The van der Waals surface area contributed by atoms with Crippen molar-refractivity contribution >= 4 is 16.2 Å². The molecule has 114 valence electrons. The van der Waals surface area contributed by atoms with E-state index >= 15 is 0 Å². The summed E-state index contributed by atoms with van der Waals surface area (Å²) in [7, 11) is -5.35. The lowest BCUT2D eigenvalue weighted by Crippen LogP contribution is -2.04. The first-order valence-corrected chi connectivity index (χ1v) is 7.10. The van der Waals surface area contributed by atoms with Gasteiger partial charge in [-0.3, -0.25) is 15.2 Å². The predicted molar refractivity (Wildman–Crippen MR) is 72.7 cm³/mol. The van der Waals surface area contributed by atoms with E-state index < -0.39 is 26.9 Å². The SMILES string of the molecule is CC.O=[N+]([O-])c1ccc(-c2ccn[nH]2)cc1OS(=O)(=O)F. The Morgan fingerprint density at radius 3 is 2.48 bits per heavy atom. The minimum atomic E-state index is -5.35. The fraction of sp³-hybridized carbons (Fsp3) is 0.182. The van der Waals surface area contributed by atoms with Crippen LogP contribution in [0.5, 0.6) is 5.75 Å². The van der Waals surface area contributed by atoms with Gasteiger partial charge < -0.3 is 4.18 Å². The summed E-state index contributed by atoms with van der Waals surface area (Å²) < 4.78 is 37.3. The normalized spacial score (nSPS) is 10.4. The molecule has 0 saturated heterocycles. The van der Waals surface area contributed by atoms with Crippen molar-refractivity contribution in [2.24, 2.45) is 0 Å². The number of aromatic amines is 1. The molecule has 0 aliphatic carbocycles. The molecule has 0 atom stereocenters. The fourth-order valence-corrected chi connectivity index (χ4v) is 1.77. The molecule has 0 fully saturated rings. The molecule has 0 amide bonds. The molecule has 1 N–H and O–H groups in total. The summed E-state index contributed by atoms with van der Waals surface area (Å²) in [4.78, 5) is 9.82. The van der Waals surface area contributed by atoms with Gasteiger partial charge in [-0.05, 0) is 18.2 Å². The maximum absolute atomic E-state index is 12.5. The molecule has 10 heteroatoms. The van der Waals surface area contributed by atoms with Crippen molar-refractivity contribution in [2.45, 2.75) is 13.8 Å². The standard InChI is InChI=1S/C9H6FN3O5S.C2H6/c10-19(16,17)18-9-5-6(7-3-4-11-12-7)1-2-8(9)13(14)15;1-2/h1-5H,(H,11,12);1-2H3. The Labute approximate surface area is 120 Å². The van der Waals surface area contributed by atoms with Crippen molar-refractivity contribution in [3.05, 3.63) is 40.6 Å². The minimum Gasteiger partial charge on any atom is -0.351 e. The van der Waals surface area contributed by atoms with Crippen LogP contribution in [0.25, 0.3) is 11.3 Å². The van der Waals surface area contributed by atoms with Gasteiger partial charge in [0, 0.05) is 17.8 Å². The van der Waals surface area contributed by atoms with Gasteiger partial charge in [0.2, 0.25) is 5.75 Å². The van der Waals surface area contributed by atoms with Crippen LogP contribution in [-0.2, 0) is 10.5 Å². The zero-order valence-corrected chi connectivity index (χ0v) is 11.9. The van der Waals surface area contributed by atoms with E-state index in [-0.39, 0.29) is 0 Å². The summed E-state index contributed by atoms with van der Waals surface area (Å²) in [5.41, 5.74) is 0.169. The number of aromatic nitrogens is 2. The number of nitro benzene ring substituents is 1. The summed E-state index contributed by atoms with van der Waals surface area (Å²) in [6.07, 6.45) is 1.43. The van der Waals surface area contributed by atoms with E-state index in [1.54, 1.807) is 6.07 Å². The van der Waals surface area contributed by atoms with Crippen LogP contribution < -0.4 is 4.18 Å². The number of nitro groups is 1. The molecule has 1 aromatic carbocycles. The van der Waals surface area contributed by atoms with E-state index in [0.29, 0.717) is 11.3 Å². The third kappa shape index (κ3) is 4.53. The van der Waals surface area contributed by atoms with Gasteiger partial charge in [-0.1, -0.05) is 17.7 Å². The van der Waals surface area contributed by atoms with Crippen LogP contribution in [0.2, 0.25) is 0 Å². The van der Waals surface area contributed by atoms with Crippen LogP contribution in [0.4, 0.5) is 9.57 Å². The average Bonchev–Trinajstić information content (AvgIpc) is 2.92. The lowest BCUT2D eigenvalue weighted by molar-refractivity contribution is -0.385. The molecule has 0 aliphatic heterocycles. The lowest BCUT2D eigenvalue weighted by Gasteiger charge is -2.04. The smallest absolute Gasteiger partial charge is 0.351 e. The molecule has 0 unspecified atom stereocenters. The van der Waals surface area contributed by atoms with Crippen molar-refractivity contribution in [2.75, 3.05) is 0 Å². The number of hydrogen-bond acceptors (Lipinski definition) is 6. The second kappa shape index (κ2) is 6.79. The molecule has 8 nitrogen and oxygen atoms in total. The Kier molecular flexibility index (Phi) is 5.36. The third-order valence-corrected chi connectivity index (χ3v) is 2.54. The first kappa shape index (κ1) is 16.6. The Hall–Kier alpha value is -2.49. The number of rotatable bonds is 4. The zero-order valence-electron chi connectivity index (χ0n) is 11.1. The lowest BCUT2D eigenvalue weighted by atomic mass is 10.1. The van der Waals surface area contributed by atoms with Crippen molar-refractivity contribution < 1.29 is 21.4 Å². The molecule has 0 saturated carbocycles. The van der Waals surface area contributed by atoms with Gasteiger partial charge in [0.1, 0.15) is 0 Å². The molecule has 1 heterocycles. The van der Waals surface area contributed by atoms with Crippen molar-refractivity contribution in [1.82, 2.24) is 10.2 Å². The Morgan fingerprint density at radius 2 is 2.00 bits per heavy atom. The Morgan fingerprint density at radius 1 is 1.33 bits per heavy atom. The molecule has 1 aromatic heterocycles. The zero-order chi connectivity index (χ0) is 16.0. The fourth-order valence-electron chi connectivity index (χ4n) is 1.42. The van der Waals surface area contributed by atoms with Crippen molar-refractivity contribution in [1.29, 1.82) is 0 Å². The molecule has 2 rings (SSSR count). The van der Waals surface area contributed by atoms with Gasteiger partial charge in [-0.25, -0.2) is 0 Å². The van der Waals surface area contributed by atoms with E-state index in [0.717, 1.165) is 12.1 Å². The number of hydrogen-bond donors (Lipinski definition) is 1. The number of H-pyrrole nitrogens is 1. The average molecular weight is 317 g/mol. The quantitative estimate of drug-likeness (QED) is 0.526. The molecule has 0 spiro atoms. The first-order chi connectivity index (χ1) is 9.87. The second-order valence-electron chi connectivity index (χ2n) is 3.39. The van der Waals surface area contributed by atoms with E-state index in [2.05, 4.69) is 14.4 Å². The van der Waals surface area contributed by atoms with E-state index in [4.69, 9.17) is 0 Å². The van der Waals surface area contributed by atoms with Crippen molar-refractivity contribution in [3.63, 3.8) is 0 Å². The Balaban J connectivity index is 0.00000106. The summed E-state index contributed by atoms with van der Waals surface area (Å²) >= 11 is 0. The van der Waals surface area contributed by atoms with Crippen LogP contribution in [-0.4, -0.2) is 23.5 Å². The van der Waals surface area contributed by atoms with Gasteiger partial charge in [0.25, 0.3) is 0 Å². The topological polar surface area (TPSA) is 115 Å². The monoisotopic (exact) mass is 317 g/mol. The predicted octanol–water partition coefficient (Wildman–Crippen LogP) is 2.60. The maximum Gasteiger partial charge on any atom is 0.488 e. The molecule has 0 bridgehead atoms. The van der Waals surface area contributed by atoms with E-state index in [1.165, 1.54) is 12.3 Å². The molecule has 0 radical (unpaired) electrons. The van der Waals surface area contributed by atoms with Crippen LogP contribution >= 0.6 is 0 Å². The highest BCUT2D eigenvalue weighted by Crippen LogP contribution is 2.32. The van der Waals surface area contributed by atoms with Gasteiger partial charge in [0.05, 0.1) is 10.6 Å². The highest BCUT2D eigenvalue weighted by atomic mass is 32.3. The molecular weight excluding hydrogens is 305 g/mol. The van der Waals surface area contributed by atoms with Crippen LogP contribution in [0.1, 0.15) is 13.8 Å². The molecular formula is C11H12FN3O5S. The number of halogens is 1. The summed E-state index contributed by atoms with van der Waals surface area (Å²) in [6.45, 7) is 4.00. The van der Waals surface area contributed by atoms with E-state index in [9.17, 15) is 22.4 Å². The second-order valence-corrected chi connectivity index (χ2v) is 4.34. The number of nitrogens with zero attached hydrogens (tertiary/aromatic N) is 2.